The van der Waals surface area contributed by atoms with E-state index in [1.807, 2.05) is 18.4 Å². The lowest BCUT2D eigenvalue weighted by Crippen LogP contribution is -2.56. The van der Waals surface area contributed by atoms with E-state index < -0.39 is 5.60 Å². The van der Waals surface area contributed by atoms with Crippen LogP contribution in [0, 0.1) is 12.7 Å². The third-order valence-corrected chi connectivity index (χ3v) is 5.97. The van der Waals surface area contributed by atoms with Gasteiger partial charge in [0, 0.05) is 12.2 Å². The van der Waals surface area contributed by atoms with Crippen molar-refractivity contribution in [3.05, 3.63) is 52.0 Å². The minimum absolute atomic E-state index is 0.00815. The van der Waals surface area contributed by atoms with Crippen LogP contribution in [0.3, 0.4) is 0 Å². The summed E-state index contributed by atoms with van der Waals surface area (Å²) in [7, 11) is 0. The molecule has 1 atom stereocenters. The molecule has 1 aromatic heterocycles. The molecule has 7 heteroatoms. The van der Waals surface area contributed by atoms with Crippen molar-refractivity contribution in [2.75, 3.05) is 31.1 Å². The number of anilines is 1. The second-order valence-electron chi connectivity index (χ2n) is 6.89. The third kappa shape index (κ3) is 3.12. The first kappa shape index (κ1) is 17.2. The Morgan fingerprint density at radius 1 is 1.27 bits per heavy atom. The maximum absolute atomic E-state index is 13.2. The Balaban J connectivity index is 1.51. The van der Waals surface area contributed by atoms with Gasteiger partial charge in [0.05, 0.1) is 18.0 Å². The van der Waals surface area contributed by atoms with E-state index in [1.165, 1.54) is 23.5 Å². The Hall–Kier alpha value is -2.25. The average Bonchev–Trinajstić information content (AvgIpc) is 3.25. The Kier molecular flexibility index (Phi) is 4.28. The molecule has 1 unspecified atom stereocenters. The van der Waals surface area contributed by atoms with E-state index in [4.69, 9.17) is 4.74 Å². The molecule has 1 spiro atoms. The molecule has 2 saturated heterocycles. The fourth-order valence-electron chi connectivity index (χ4n) is 3.54. The third-order valence-electron chi connectivity index (χ3n) is 4.93. The number of amides is 2. The molecule has 0 aliphatic carbocycles. The highest BCUT2D eigenvalue weighted by atomic mass is 32.1. The first-order chi connectivity index (χ1) is 12.5. The van der Waals surface area contributed by atoms with Crippen molar-refractivity contribution in [3.63, 3.8) is 0 Å². The monoisotopic (exact) mass is 374 g/mol. The van der Waals surface area contributed by atoms with Crippen LogP contribution < -0.4 is 4.90 Å². The fourth-order valence-corrected chi connectivity index (χ4v) is 4.40. The van der Waals surface area contributed by atoms with Gasteiger partial charge in [-0.15, -0.1) is 11.3 Å². The van der Waals surface area contributed by atoms with Crippen LogP contribution in [0.2, 0.25) is 0 Å². The quantitative estimate of drug-likeness (QED) is 0.812. The van der Waals surface area contributed by atoms with Gasteiger partial charge in [-0.1, -0.05) is 0 Å². The van der Waals surface area contributed by atoms with Crippen LogP contribution >= 0.6 is 11.3 Å². The summed E-state index contributed by atoms with van der Waals surface area (Å²) in [5.74, 6) is -0.484. The predicted molar refractivity (Wildman–Crippen MR) is 97.0 cm³/mol. The Morgan fingerprint density at radius 3 is 2.73 bits per heavy atom. The van der Waals surface area contributed by atoms with E-state index in [0.29, 0.717) is 31.7 Å². The highest BCUT2D eigenvalue weighted by molar-refractivity contribution is 7.12. The molecule has 2 amide bonds. The highest BCUT2D eigenvalue weighted by Crippen LogP contribution is 2.33. The van der Waals surface area contributed by atoms with Crippen LogP contribution in [-0.4, -0.2) is 48.6 Å². The maximum atomic E-state index is 13.2. The molecule has 2 fully saturated rings. The molecule has 136 valence electrons. The normalized spacial score (nSPS) is 23.1. The van der Waals surface area contributed by atoms with Gasteiger partial charge in [-0.3, -0.25) is 9.59 Å². The van der Waals surface area contributed by atoms with Crippen LogP contribution in [0.5, 0.6) is 0 Å². The number of thiophene rings is 1. The molecular formula is C19H19FN2O3S. The standard InChI is InChI=1S/C19H19FN2O3S/c1-13-8-16(26-10-13)18(24)21-7-6-19(11-21)12-22(17(23)9-25-19)15-4-2-14(20)3-5-15/h2-5,8,10H,6-7,9,11-12H2,1H3. The molecule has 0 saturated carbocycles. The SMILES string of the molecule is Cc1csc(C(=O)N2CCC3(C2)CN(c2ccc(F)cc2)C(=O)CO3)c1. The number of nitrogens with zero attached hydrogens (tertiary/aromatic N) is 2. The fraction of sp³-hybridized carbons (Fsp3) is 0.368. The van der Waals surface area contributed by atoms with Gasteiger partial charge in [0.2, 0.25) is 0 Å². The minimum atomic E-state index is -0.565. The number of rotatable bonds is 2. The molecular weight excluding hydrogens is 355 g/mol. The Labute approximate surface area is 155 Å². The van der Waals surface area contributed by atoms with Crippen LogP contribution in [0.1, 0.15) is 21.7 Å². The van der Waals surface area contributed by atoms with E-state index >= 15 is 0 Å². The summed E-state index contributed by atoms with van der Waals surface area (Å²) in [6, 6.07) is 7.77. The molecule has 2 aliphatic rings. The Bertz CT molecular complexity index is 851. The van der Waals surface area contributed by atoms with Crippen molar-refractivity contribution in [3.8, 4) is 0 Å². The second kappa shape index (κ2) is 6.48. The largest absolute Gasteiger partial charge is 0.361 e. The highest BCUT2D eigenvalue weighted by Gasteiger charge is 2.46. The number of benzene rings is 1. The number of ether oxygens (including phenoxy) is 1. The average molecular weight is 374 g/mol. The number of hydrogen-bond donors (Lipinski definition) is 0. The van der Waals surface area contributed by atoms with Gasteiger partial charge in [0.25, 0.3) is 11.8 Å². The molecule has 3 heterocycles. The molecule has 1 aromatic carbocycles. The van der Waals surface area contributed by atoms with Crippen molar-refractivity contribution >= 4 is 28.8 Å². The lowest BCUT2D eigenvalue weighted by atomic mass is 10.00. The number of likely N-dealkylation sites (tertiary alicyclic amines) is 1. The number of morpholine rings is 1. The molecule has 2 aromatic rings. The number of halogens is 1. The zero-order valence-corrected chi connectivity index (χ0v) is 15.2. The molecule has 26 heavy (non-hydrogen) atoms. The van der Waals surface area contributed by atoms with Gasteiger partial charge < -0.3 is 14.5 Å². The smallest absolute Gasteiger partial charge is 0.264 e. The number of carbonyl (C=O) groups is 2. The van der Waals surface area contributed by atoms with Gasteiger partial charge in [-0.05, 0) is 54.6 Å². The van der Waals surface area contributed by atoms with Gasteiger partial charge in [-0.25, -0.2) is 4.39 Å². The van der Waals surface area contributed by atoms with Gasteiger partial charge >= 0.3 is 0 Å². The van der Waals surface area contributed by atoms with E-state index in [-0.39, 0.29) is 24.2 Å². The van der Waals surface area contributed by atoms with Crippen LogP contribution in [-0.2, 0) is 9.53 Å². The summed E-state index contributed by atoms with van der Waals surface area (Å²) in [5, 5.41) is 1.96. The molecule has 2 aliphatic heterocycles. The summed E-state index contributed by atoms with van der Waals surface area (Å²) in [4.78, 5) is 29.1. The zero-order valence-electron chi connectivity index (χ0n) is 14.4. The minimum Gasteiger partial charge on any atom is -0.361 e. The van der Waals surface area contributed by atoms with E-state index in [1.54, 1.807) is 21.9 Å². The summed E-state index contributed by atoms with van der Waals surface area (Å²) >= 11 is 1.45. The van der Waals surface area contributed by atoms with Crippen molar-refractivity contribution < 1.29 is 18.7 Å². The maximum Gasteiger partial charge on any atom is 0.264 e. The van der Waals surface area contributed by atoms with E-state index in [2.05, 4.69) is 0 Å². The molecule has 0 N–H and O–H groups in total. The van der Waals surface area contributed by atoms with Crippen LogP contribution in [0.4, 0.5) is 10.1 Å². The van der Waals surface area contributed by atoms with Gasteiger partial charge in [0.1, 0.15) is 18.0 Å². The first-order valence-corrected chi connectivity index (χ1v) is 9.38. The number of hydrogen-bond acceptors (Lipinski definition) is 4. The first-order valence-electron chi connectivity index (χ1n) is 8.50. The van der Waals surface area contributed by atoms with Gasteiger partial charge in [-0.2, -0.15) is 0 Å². The lowest BCUT2D eigenvalue weighted by Gasteiger charge is -2.40. The number of carbonyl (C=O) groups excluding carboxylic acids is 2. The van der Waals surface area contributed by atoms with E-state index in [9.17, 15) is 14.0 Å². The predicted octanol–water partition coefficient (Wildman–Crippen LogP) is 2.84. The van der Waals surface area contributed by atoms with Crippen molar-refractivity contribution in [2.24, 2.45) is 0 Å². The van der Waals surface area contributed by atoms with Crippen LogP contribution in [0.15, 0.2) is 35.7 Å². The summed E-state index contributed by atoms with van der Waals surface area (Å²) < 4.78 is 19.1. The molecule has 0 radical (unpaired) electrons. The molecule has 5 nitrogen and oxygen atoms in total. The molecule has 0 bridgehead atoms. The Morgan fingerprint density at radius 2 is 2.04 bits per heavy atom. The van der Waals surface area contributed by atoms with Gasteiger partial charge in [0.15, 0.2) is 0 Å². The van der Waals surface area contributed by atoms with Crippen molar-refractivity contribution in [2.45, 2.75) is 18.9 Å². The van der Waals surface area contributed by atoms with Crippen molar-refractivity contribution in [1.82, 2.24) is 4.90 Å². The summed E-state index contributed by atoms with van der Waals surface area (Å²) in [6.45, 7) is 3.35. The van der Waals surface area contributed by atoms with E-state index in [0.717, 1.165) is 10.4 Å². The summed E-state index contributed by atoms with van der Waals surface area (Å²) in [6.07, 6.45) is 0.675. The second-order valence-corrected chi connectivity index (χ2v) is 7.80. The zero-order chi connectivity index (χ0) is 18.3. The van der Waals surface area contributed by atoms with Crippen molar-refractivity contribution in [1.29, 1.82) is 0 Å². The molecule has 4 rings (SSSR count). The number of aryl methyl sites for hydroxylation is 1. The topological polar surface area (TPSA) is 49.9 Å². The van der Waals surface area contributed by atoms with Crippen LogP contribution in [0.25, 0.3) is 0 Å². The lowest BCUT2D eigenvalue weighted by molar-refractivity contribution is -0.137. The summed E-state index contributed by atoms with van der Waals surface area (Å²) in [5.41, 5.74) is 1.16.